The summed E-state index contributed by atoms with van der Waals surface area (Å²) in [6.45, 7) is 4.52. The minimum absolute atomic E-state index is 0.0778. The molecule has 0 saturated carbocycles. The number of nitrogens with zero attached hydrogens (tertiary/aromatic N) is 1. The van der Waals surface area contributed by atoms with Crippen LogP contribution >= 0.6 is 0 Å². The minimum atomic E-state index is -1.13. The van der Waals surface area contributed by atoms with Gasteiger partial charge in [0.2, 0.25) is 23.6 Å². The smallest absolute Gasteiger partial charge is 0.253 e. The molecular formula is C32H45N5O8. The molecule has 0 aliphatic rings. The molecule has 3 atom stereocenters. The Kier molecular flexibility index (Phi) is 15.8. The second kappa shape index (κ2) is 19.3. The summed E-state index contributed by atoms with van der Waals surface area (Å²) in [6, 6.07) is 12.7. The van der Waals surface area contributed by atoms with E-state index in [2.05, 4.69) is 16.0 Å². The Morgan fingerprint density at radius 3 is 2.13 bits per heavy atom. The van der Waals surface area contributed by atoms with Gasteiger partial charge < -0.3 is 36.6 Å². The monoisotopic (exact) mass is 627 g/mol. The molecule has 0 heterocycles. The van der Waals surface area contributed by atoms with Gasteiger partial charge in [-0.15, -0.1) is 0 Å². The highest BCUT2D eigenvalue weighted by molar-refractivity contribution is 6.11. The van der Waals surface area contributed by atoms with Crippen LogP contribution in [-0.4, -0.2) is 82.6 Å². The lowest BCUT2D eigenvalue weighted by atomic mass is 10.0. The van der Waals surface area contributed by atoms with Crippen LogP contribution in [0.15, 0.2) is 48.5 Å². The van der Waals surface area contributed by atoms with Crippen LogP contribution in [-0.2, 0) is 30.4 Å². The third kappa shape index (κ3) is 14.0. The van der Waals surface area contributed by atoms with E-state index in [1.54, 1.807) is 48.5 Å². The molecule has 0 fully saturated rings. The minimum Gasteiger partial charge on any atom is -0.491 e. The van der Waals surface area contributed by atoms with E-state index in [0.717, 1.165) is 19.8 Å². The number of ether oxygens (including phenoxy) is 1. The van der Waals surface area contributed by atoms with Crippen LogP contribution in [0, 0.1) is 0 Å². The summed E-state index contributed by atoms with van der Waals surface area (Å²) in [5, 5.41) is 28.0. The maximum Gasteiger partial charge on any atom is 0.253 e. The van der Waals surface area contributed by atoms with Crippen LogP contribution in [0.2, 0.25) is 0 Å². The van der Waals surface area contributed by atoms with Gasteiger partial charge >= 0.3 is 0 Å². The van der Waals surface area contributed by atoms with Crippen LogP contribution in [0.4, 0.5) is 11.4 Å². The highest BCUT2D eigenvalue weighted by Gasteiger charge is 2.29. The average molecular weight is 628 g/mol. The number of benzene rings is 2. The molecule has 5 amide bonds. The van der Waals surface area contributed by atoms with Gasteiger partial charge in [-0.2, -0.15) is 0 Å². The van der Waals surface area contributed by atoms with Crippen LogP contribution in [0.25, 0.3) is 0 Å². The molecule has 246 valence electrons. The molecule has 2 rings (SSSR count). The molecule has 2 unspecified atom stereocenters. The van der Waals surface area contributed by atoms with Gasteiger partial charge in [-0.3, -0.25) is 24.0 Å². The number of hydrogen-bond donors (Lipinski definition) is 6. The lowest BCUT2D eigenvalue weighted by Gasteiger charge is -2.21. The predicted octanol–water partition coefficient (Wildman–Crippen LogP) is 1.72. The van der Waals surface area contributed by atoms with Crippen LogP contribution in [0.3, 0.4) is 0 Å². The summed E-state index contributed by atoms with van der Waals surface area (Å²) in [5.74, 6) is -2.10. The van der Waals surface area contributed by atoms with Crippen molar-refractivity contribution in [1.29, 1.82) is 0 Å². The van der Waals surface area contributed by atoms with Crippen LogP contribution < -0.4 is 26.4 Å². The van der Waals surface area contributed by atoms with Gasteiger partial charge in [-0.05, 0) is 68.1 Å². The first kappa shape index (κ1) is 37.0. The van der Waals surface area contributed by atoms with E-state index in [1.165, 1.54) is 6.92 Å². The fourth-order valence-corrected chi connectivity index (χ4v) is 4.38. The summed E-state index contributed by atoms with van der Waals surface area (Å²) in [5.41, 5.74) is 7.89. The second-order valence-electron chi connectivity index (χ2n) is 10.8. The van der Waals surface area contributed by atoms with Crippen LogP contribution in [0.1, 0.15) is 58.4 Å². The SMILES string of the molecule is CC(=O)Nc1ccc(OCC(O)CNC(C)CCCCC(=O)Nc2ccc(C[C@H](N)C(=O)N(C(C)=O)C(=O)CCO)cc2)cc1. The molecular weight excluding hydrogens is 582 g/mol. The number of carbonyl (C=O) groups is 5. The van der Waals surface area contributed by atoms with E-state index in [4.69, 9.17) is 15.6 Å². The highest BCUT2D eigenvalue weighted by atomic mass is 16.5. The van der Waals surface area contributed by atoms with Gasteiger partial charge in [-0.1, -0.05) is 18.6 Å². The molecule has 45 heavy (non-hydrogen) atoms. The fourth-order valence-electron chi connectivity index (χ4n) is 4.38. The quantitative estimate of drug-likeness (QED) is 0.132. The molecule has 0 aliphatic heterocycles. The Morgan fingerprint density at radius 1 is 0.911 bits per heavy atom. The highest BCUT2D eigenvalue weighted by Crippen LogP contribution is 2.16. The zero-order chi connectivity index (χ0) is 33.4. The molecule has 13 heteroatoms. The molecule has 0 bridgehead atoms. The number of nitrogens with one attached hydrogen (secondary N) is 3. The van der Waals surface area contributed by atoms with Gasteiger partial charge in [-0.25, -0.2) is 4.90 Å². The summed E-state index contributed by atoms with van der Waals surface area (Å²) < 4.78 is 5.60. The summed E-state index contributed by atoms with van der Waals surface area (Å²) >= 11 is 0. The molecule has 0 radical (unpaired) electrons. The maximum atomic E-state index is 12.5. The predicted molar refractivity (Wildman–Crippen MR) is 169 cm³/mol. The second-order valence-corrected chi connectivity index (χ2v) is 10.8. The van der Waals surface area contributed by atoms with Crippen molar-refractivity contribution < 1.29 is 38.9 Å². The van der Waals surface area contributed by atoms with Gasteiger partial charge in [0.25, 0.3) is 5.91 Å². The average Bonchev–Trinajstić information content (AvgIpc) is 2.98. The molecule has 13 nitrogen and oxygen atoms in total. The molecule has 2 aromatic rings. The Balaban J connectivity index is 1.64. The Morgan fingerprint density at radius 2 is 1.53 bits per heavy atom. The third-order valence-corrected chi connectivity index (χ3v) is 6.73. The van der Waals surface area contributed by atoms with Gasteiger partial charge in [0.15, 0.2) is 0 Å². The van der Waals surface area contributed by atoms with Crippen molar-refractivity contribution in [1.82, 2.24) is 10.2 Å². The van der Waals surface area contributed by atoms with Crippen LogP contribution in [0.5, 0.6) is 5.75 Å². The Labute approximate surface area is 263 Å². The van der Waals surface area contributed by atoms with Gasteiger partial charge in [0, 0.05) is 44.2 Å². The molecule has 0 saturated heterocycles. The van der Waals surface area contributed by atoms with E-state index >= 15 is 0 Å². The number of amides is 5. The number of hydrogen-bond acceptors (Lipinski definition) is 10. The molecule has 7 N–H and O–H groups in total. The van der Waals surface area contributed by atoms with Crippen molar-refractivity contribution in [3.05, 3.63) is 54.1 Å². The largest absolute Gasteiger partial charge is 0.491 e. The third-order valence-electron chi connectivity index (χ3n) is 6.73. The topological polar surface area (TPSA) is 200 Å². The zero-order valence-electron chi connectivity index (χ0n) is 26.1. The summed E-state index contributed by atoms with van der Waals surface area (Å²) in [7, 11) is 0. The number of unbranched alkanes of at least 4 members (excludes halogenated alkanes) is 1. The maximum absolute atomic E-state index is 12.5. The number of rotatable bonds is 18. The van der Waals surface area contributed by atoms with Gasteiger partial charge in [0.1, 0.15) is 18.5 Å². The van der Waals surface area contributed by atoms with E-state index in [-0.39, 0.29) is 37.3 Å². The van der Waals surface area contributed by atoms with E-state index in [0.29, 0.717) is 47.0 Å². The number of imide groups is 3. The Hall–Kier alpha value is -4.17. The molecule has 0 spiro atoms. The van der Waals surface area contributed by atoms with Crippen molar-refractivity contribution in [2.75, 3.05) is 30.4 Å². The fraction of sp³-hybridized carbons (Fsp3) is 0.469. The van der Waals surface area contributed by atoms with Crippen molar-refractivity contribution in [2.24, 2.45) is 5.73 Å². The molecule has 0 aromatic heterocycles. The van der Waals surface area contributed by atoms with Gasteiger partial charge in [0.05, 0.1) is 19.1 Å². The molecule has 2 aromatic carbocycles. The zero-order valence-corrected chi connectivity index (χ0v) is 26.1. The van der Waals surface area contributed by atoms with Crippen molar-refractivity contribution in [3.8, 4) is 5.75 Å². The Bertz CT molecular complexity index is 1270. The number of nitrogens with two attached hydrogens (primary N) is 1. The first-order valence-corrected chi connectivity index (χ1v) is 14.9. The number of anilines is 2. The van der Waals surface area contributed by atoms with E-state index in [1.807, 2.05) is 6.92 Å². The van der Waals surface area contributed by atoms with Crippen molar-refractivity contribution >= 4 is 40.9 Å². The first-order valence-electron chi connectivity index (χ1n) is 14.9. The molecule has 0 aliphatic carbocycles. The lowest BCUT2D eigenvalue weighted by molar-refractivity contribution is -0.154. The van der Waals surface area contributed by atoms with Crippen molar-refractivity contribution in [2.45, 2.75) is 77.5 Å². The number of aliphatic hydroxyl groups is 2. The number of aliphatic hydroxyl groups excluding tert-OH is 2. The standard InChI is InChI=1S/C32H45N5O8/c1-21(34-19-27(41)20-45-28-14-12-25(13-15-28)35-22(2)39)6-4-5-7-30(42)36-26-10-8-24(9-11-26)18-29(33)32(44)37(23(3)40)31(43)16-17-38/h8-15,21,27,29,34,38,41H,4-7,16-20,33H2,1-3H3,(H,35,39)(H,36,42)/t21?,27?,29-/m0/s1. The first-order chi connectivity index (χ1) is 21.4. The van der Waals surface area contributed by atoms with E-state index in [9.17, 15) is 29.1 Å². The van der Waals surface area contributed by atoms with E-state index < -0.39 is 36.5 Å². The lowest BCUT2D eigenvalue weighted by Crippen LogP contribution is -2.50. The number of carbonyl (C=O) groups excluding carboxylic acids is 5. The summed E-state index contributed by atoms with van der Waals surface area (Å²) in [4.78, 5) is 60.3. The normalized spacial score (nSPS) is 12.8. The summed E-state index contributed by atoms with van der Waals surface area (Å²) in [6.07, 6.45) is 1.69. The van der Waals surface area contributed by atoms with Crippen molar-refractivity contribution in [3.63, 3.8) is 0 Å².